The average Bonchev–Trinajstić information content (AvgIpc) is 2.16. The Morgan fingerprint density at radius 2 is 2.29 bits per heavy atom. The molecule has 0 aliphatic carbocycles. The van der Waals surface area contributed by atoms with Crippen molar-refractivity contribution in [2.45, 2.75) is 11.8 Å². The summed E-state index contributed by atoms with van der Waals surface area (Å²) in [6.07, 6.45) is -2.66. The van der Waals surface area contributed by atoms with Crippen LogP contribution in [0.1, 0.15) is 17.7 Å². The van der Waals surface area contributed by atoms with Gasteiger partial charge in [-0.15, -0.1) is 0 Å². The zero-order chi connectivity index (χ0) is 10.7. The number of aromatic nitrogens is 1. The number of nitrogens with zero attached hydrogens (tertiary/aromatic N) is 1. The maximum atomic E-state index is 12.5. The van der Waals surface area contributed by atoms with Gasteiger partial charge in [-0.1, -0.05) is 27.5 Å². The van der Waals surface area contributed by atoms with Crippen molar-refractivity contribution in [3.63, 3.8) is 0 Å². The minimum atomic E-state index is -2.66. The van der Waals surface area contributed by atoms with Crippen molar-refractivity contribution in [3.05, 3.63) is 22.5 Å². The second-order valence-electron chi connectivity index (χ2n) is 2.45. The number of halogens is 4. The summed E-state index contributed by atoms with van der Waals surface area (Å²) in [6.45, 7) is 0. The number of pyridine rings is 1. The van der Waals surface area contributed by atoms with Gasteiger partial charge in [0.05, 0.1) is 7.11 Å². The maximum Gasteiger partial charge on any atom is 0.280 e. The standard InChI is InChI=1S/C8H7BrClF2NO/c1-14-5-2-6(10)13-7(8(11)12)4(5)3-9/h2,8H,3H2,1H3. The molecule has 0 amide bonds. The predicted molar refractivity (Wildman–Crippen MR) is 53.4 cm³/mol. The van der Waals surface area contributed by atoms with Crippen molar-refractivity contribution >= 4 is 27.5 Å². The van der Waals surface area contributed by atoms with Crippen LogP contribution in [-0.2, 0) is 5.33 Å². The molecule has 0 spiro atoms. The molecule has 1 aromatic rings. The van der Waals surface area contributed by atoms with Crippen LogP contribution in [0.3, 0.4) is 0 Å². The lowest BCUT2D eigenvalue weighted by Gasteiger charge is -2.10. The Morgan fingerprint density at radius 3 is 2.71 bits per heavy atom. The second-order valence-corrected chi connectivity index (χ2v) is 3.39. The fraction of sp³-hybridized carbons (Fsp3) is 0.375. The first kappa shape index (κ1) is 11.7. The maximum absolute atomic E-state index is 12.5. The molecule has 0 atom stereocenters. The van der Waals surface area contributed by atoms with Gasteiger partial charge in [-0.3, -0.25) is 0 Å². The van der Waals surface area contributed by atoms with Gasteiger partial charge in [0.25, 0.3) is 6.43 Å². The first-order valence-electron chi connectivity index (χ1n) is 3.67. The zero-order valence-electron chi connectivity index (χ0n) is 7.23. The van der Waals surface area contributed by atoms with Gasteiger partial charge >= 0.3 is 0 Å². The van der Waals surface area contributed by atoms with Gasteiger partial charge < -0.3 is 4.74 Å². The van der Waals surface area contributed by atoms with E-state index in [9.17, 15) is 8.78 Å². The van der Waals surface area contributed by atoms with E-state index in [2.05, 4.69) is 20.9 Å². The van der Waals surface area contributed by atoms with Gasteiger partial charge in [-0.2, -0.15) is 0 Å². The highest BCUT2D eigenvalue weighted by Gasteiger charge is 2.19. The largest absolute Gasteiger partial charge is 0.496 e. The van der Waals surface area contributed by atoms with Gasteiger partial charge in [0.2, 0.25) is 0 Å². The van der Waals surface area contributed by atoms with Crippen LogP contribution < -0.4 is 4.74 Å². The first-order valence-corrected chi connectivity index (χ1v) is 5.17. The molecule has 0 aliphatic rings. The summed E-state index contributed by atoms with van der Waals surface area (Å²) in [5.41, 5.74) is -0.0156. The molecule has 0 aliphatic heterocycles. The summed E-state index contributed by atoms with van der Waals surface area (Å²) in [4.78, 5) is 3.56. The minimum absolute atomic E-state index is 0.00171. The molecular weight excluding hydrogens is 279 g/mol. The third-order valence-electron chi connectivity index (χ3n) is 1.64. The quantitative estimate of drug-likeness (QED) is 0.626. The Labute approximate surface area is 93.4 Å². The van der Waals surface area contributed by atoms with Crippen molar-refractivity contribution in [1.29, 1.82) is 0 Å². The fourth-order valence-corrected chi connectivity index (χ4v) is 1.79. The van der Waals surface area contributed by atoms with E-state index in [4.69, 9.17) is 16.3 Å². The zero-order valence-corrected chi connectivity index (χ0v) is 9.57. The van der Waals surface area contributed by atoms with E-state index >= 15 is 0 Å². The van der Waals surface area contributed by atoms with E-state index in [1.54, 1.807) is 0 Å². The first-order chi connectivity index (χ1) is 6.60. The van der Waals surface area contributed by atoms with Crippen LogP contribution >= 0.6 is 27.5 Å². The molecule has 14 heavy (non-hydrogen) atoms. The smallest absolute Gasteiger partial charge is 0.280 e. The lowest BCUT2D eigenvalue weighted by Crippen LogP contribution is -2.00. The molecule has 0 fully saturated rings. The molecule has 1 rings (SSSR count). The number of hydrogen-bond donors (Lipinski definition) is 0. The Bertz CT molecular complexity index is 335. The highest BCUT2D eigenvalue weighted by molar-refractivity contribution is 9.08. The predicted octanol–water partition coefficient (Wildman–Crippen LogP) is 3.58. The molecule has 0 unspecified atom stereocenters. The van der Waals surface area contributed by atoms with Crippen molar-refractivity contribution in [3.8, 4) is 5.75 Å². The van der Waals surface area contributed by atoms with E-state index < -0.39 is 6.43 Å². The van der Waals surface area contributed by atoms with Crippen molar-refractivity contribution in [1.82, 2.24) is 4.98 Å². The lowest BCUT2D eigenvalue weighted by atomic mass is 10.2. The normalized spacial score (nSPS) is 10.7. The molecule has 1 aromatic heterocycles. The minimum Gasteiger partial charge on any atom is -0.496 e. The second kappa shape index (κ2) is 4.89. The molecule has 78 valence electrons. The molecule has 0 aromatic carbocycles. The molecule has 0 N–H and O–H groups in total. The van der Waals surface area contributed by atoms with Crippen LogP contribution in [0.4, 0.5) is 8.78 Å². The Morgan fingerprint density at radius 1 is 1.64 bits per heavy atom. The summed E-state index contributed by atoms with van der Waals surface area (Å²) in [7, 11) is 1.40. The Kier molecular flexibility index (Phi) is 4.07. The highest BCUT2D eigenvalue weighted by atomic mass is 79.9. The lowest BCUT2D eigenvalue weighted by molar-refractivity contribution is 0.144. The summed E-state index contributed by atoms with van der Waals surface area (Å²) in [5.74, 6) is 0.317. The third-order valence-corrected chi connectivity index (χ3v) is 2.40. The van der Waals surface area contributed by atoms with E-state index in [1.807, 2.05) is 0 Å². The van der Waals surface area contributed by atoms with Gasteiger partial charge in [0.1, 0.15) is 16.6 Å². The van der Waals surface area contributed by atoms with Crippen LogP contribution in [0.2, 0.25) is 5.15 Å². The molecule has 2 nitrogen and oxygen atoms in total. The summed E-state index contributed by atoms with van der Waals surface area (Å²) in [5, 5.41) is 0.252. The molecular formula is C8H7BrClF2NO. The van der Waals surface area contributed by atoms with E-state index in [0.717, 1.165) is 0 Å². The van der Waals surface area contributed by atoms with Crippen LogP contribution in [0, 0.1) is 0 Å². The van der Waals surface area contributed by atoms with E-state index in [1.165, 1.54) is 13.2 Å². The van der Waals surface area contributed by atoms with E-state index in [0.29, 0.717) is 11.3 Å². The SMILES string of the molecule is COc1cc(Cl)nc(C(F)F)c1CBr. The summed E-state index contributed by atoms with van der Waals surface area (Å²) >= 11 is 8.66. The van der Waals surface area contributed by atoms with Crippen molar-refractivity contribution < 1.29 is 13.5 Å². The Balaban J connectivity index is 3.31. The fourth-order valence-electron chi connectivity index (χ4n) is 1.03. The van der Waals surface area contributed by atoms with Crippen molar-refractivity contribution in [2.75, 3.05) is 7.11 Å². The topological polar surface area (TPSA) is 22.1 Å². The number of hydrogen-bond acceptors (Lipinski definition) is 2. The molecule has 6 heteroatoms. The summed E-state index contributed by atoms with van der Waals surface area (Å²) < 4.78 is 29.9. The van der Waals surface area contributed by atoms with Gasteiger partial charge in [-0.05, 0) is 0 Å². The van der Waals surface area contributed by atoms with Gasteiger partial charge in [0, 0.05) is 17.0 Å². The molecule has 1 heterocycles. The van der Waals surface area contributed by atoms with Crippen LogP contribution in [0.15, 0.2) is 6.07 Å². The highest BCUT2D eigenvalue weighted by Crippen LogP contribution is 2.32. The molecule has 0 radical (unpaired) electrons. The number of methoxy groups -OCH3 is 1. The average molecular weight is 287 g/mol. The molecule has 0 saturated carbocycles. The van der Waals surface area contributed by atoms with Crippen LogP contribution in [0.5, 0.6) is 5.75 Å². The van der Waals surface area contributed by atoms with Gasteiger partial charge in [-0.25, -0.2) is 13.8 Å². The number of alkyl halides is 3. The van der Waals surface area contributed by atoms with E-state index in [-0.39, 0.29) is 16.2 Å². The van der Waals surface area contributed by atoms with Gasteiger partial charge in [0.15, 0.2) is 0 Å². The number of ether oxygens (including phenoxy) is 1. The van der Waals surface area contributed by atoms with Crippen molar-refractivity contribution in [2.24, 2.45) is 0 Å². The molecule has 0 saturated heterocycles. The third kappa shape index (κ3) is 2.33. The monoisotopic (exact) mass is 285 g/mol. The Hall–Kier alpha value is -0.420. The summed E-state index contributed by atoms with van der Waals surface area (Å²) in [6, 6.07) is 1.41. The van der Waals surface area contributed by atoms with Crippen LogP contribution in [0.25, 0.3) is 0 Å². The molecule has 0 bridgehead atoms. The van der Waals surface area contributed by atoms with Crippen LogP contribution in [-0.4, -0.2) is 12.1 Å². The number of rotatable bonds is 3.